The molecule has 0 radical (unpaired) electrons. The van der Waals surface area contributed by atoms with Crippen molar-refractivity contribution < 1.29 is 4.79 Å². The van der Waals surface area contributed by atoms with Crippen molar-refractivity contribution in [1.82, 2.24) is 20.2 Å². The molecule has 1 amide bonds. The third-order valence-corrected chi connectivity index (χ3v) is 3.71. The second-order valence-corrected chi connectivity index (χ2v) is 5.21. The van der Waals surface area contributed by atoms with E-state index in [1.54, 1.807) is 16.8 Å². The molecule has 2 N–H and O–H groups in total. The molecule has 0 aliphatic rings. The van der Waals surface area contributed by atoms with Crippen LogP contribution in [0.15, 0.2) is 41.8 Å². The van der Waals surface area contributed by atoms with Crippen molar-refractivity contribution in [3.63, 3.8) is 0 Å². The lowest BCUT2D eigenvalue weighted by Gasteiger charge is -2.06. The van der Waals surface area contributed by atoms with E-state index >= 15 is 0 Å². The van der Waals surface area contributed by atoms with E-state index in [1.165, 1.54) is 11.3 Å². The van der Waals surface area contributed by atoms with Crippen LogP contribution in [0.3, 0.4) is 0 Å². The molecule has 0 unspecified atom stereocenters. The highest BCUT2D eigenvalue weighted by molar-refractivity contribution is 7.71. The Morgan fingerprint density at radius 3 is 2.95 bits per heavy atom. The Balaban J connectivity index is 1.87. The van der Waals surface area contributed by atoms with Gasteiger partial charge in [0.2, 0.25) is 4.77 Å². The number of H-pyrrole nitrogens is 1. The Bertz CT molecular complexity index is 790. The van der Waals surface area contributed by atoms with E-state index < -0.39 is 0 Å². The van der Waals surface area contributed by atoms with Crippen LogP contribution in [-0.4, -0.2) is 26.1 Å². The molecule has 1 aromatic carbocycles. The lowest BCUT2D eigenvalue weighted by molar-refractivity contribution is 0.103. The quantitative estimate of drug-likeness (QED) is 0.729. The first-order valence-electron chi connectivity index (χ1n) is 5.69. The molecular weight excluding hydrogens is 294 g/mol. The number of aromatic amines is 1. The van der Waals surface area contributed by atoms with Crippen molar-refractivity contribution >= 4 is 35.1 Å². The lowest BCUT2D eigenvalue weighted by Crippen LogP contribution is -2.10. The zero-order chi connectivity index (χ0) is 13.9. The molecule has 2 heterocycles. The average Bonchev–Trinajstić information content (AvgIpc) is 3.10. The van der Waals surface area contributed by atoms with Crippen molar-refractivity contribution in [1.29, 1.82) is 0 Å². The molecule has 0 saturated carbocycles. The number of nitrogens with zero attached hydrogens (tertiary/aromatic N) is 3. The predicted octanol–water partition coefficient (Wildman–Crippen LogP) is 2.64. The fourth-order valence-corrected chi connectivity index (χ4v) is 2.49. The lowest BCUT2D eigenvalue weighted by atomic mass is 10.2. The number of amides is 1. The highest BCUT2D eigenvalue weighted by Gasteiger charge is 2.07. The van der Waals surface area contributed by atoms with Crippen LogP contribution in [-0.2, 0) is 0 Å². The minimum atomic E-state index is -0.136. The first kappa shape index (κ1) is 12.7. The highest BCUT2D eigenvalue weighted by atomic mass is 32.1. The summed E-state index contributed by atoms with van der Waals surface area (Å²) in [6.45, 7) is 0. The average molecular weight is 303 g/mol. The summed E-state index contributed by atoms with van der Waals surface area (Å²) in [6, 6.07) is 10.9. The Kier molecular flexibility index (Phi) is 3.40. The molecule has 8 heteroatoms. The van der Waals surface area contributed by atoms with Gasteiger partial charge in [-0.15, -0.1) is 11.3 Å². The molecule has 20 heavy (non-hydrogen) atoms. The summed E-state index contributed by atoms with van der Waals surface area (Å²) in [5.41, 5.74) is 1.43. The van der Waals surface area contributed by atoms with Crippen molar-refractivity contribution in [2.24, 2.45) is 0 Å². The maximum Gasteiger partial charge on any atom is 0.265 e. The number of aromatic nitrogens is 4. The number of tetrazole rings is 1. The number of thiophene rings is 1. The van der Waals surface area contributed by atoms with Gasteiger partial charge in [0.05, 0.1) is 10.6 Å². The van der Waals surface area contributed by atoms with Gasteiger partial charge in [0.15, 0.2) is 0 Å². The maximum absolute atomic E-state index is 12.0. The van der Waals surface area contributed by atoms with Gasteiger partial charge >= 0.3 is 0 Å². The van der Waals surface area contributed by atoms with Crippen LogP contribution >= 0.6 is 23.6 Å². The van der Waals surface area contributed by atoms with E-state index in [4.69, 9.17) is 12.2 Å². The second-order valence-electron chi connectivity index (χ2n) is 3.90. The number of nitrogens with one attached hydrogen (secondary N) is 2. The molecule has 6 nitrogen and oxygen atoms in total. The molecule has 0 bridgehead atoms. The Hall–Kier alpha value is -2.32. The first-order valence-corrected chi connectivity index (χ1v) is 6.98. The van der Waals surface area contributed by atoms with E-state index in [1.807, 2.05) is 29.6 Å². The van der Waals surface area contributed by atoms with Crippen LogP contribution in [0.5, 0.6) is 0 Å². The smallest absolute Gasteiger partial charge is 0.265 e. The number of benzene rings is 1. The SMILES string of the molecule is O=C(Nc1cccc(-n2[nH]nnc2=S)c1)c1cccs1. The molecule has 0 aliphatic heterocycles. The Labute approximate surface area is 123 Å². The highest BCUT2D eigenvalue weighted by Crippen LogP contribution is 2.16. The normalized spacial score (nSPS) is 10.4. The van der Waals surface area contributed by atoms with Crippen LogP contribution in [0.1, 0.15) is 9.67 Å². The van der Waals surface area contributed by atoms with Gasteiger partial charge < -0.3 is 5.32 Å². The number of rotatable bonds is 3. The van der Waals surface area contributed by atoms with Gasteiger partial charge in [0.1, 0.15) is 0 Å². The summed E-state index contributed by atoms with van der Waals surface area (Å²) < 4.78 is 1.88. The number of hydrogen-bond donors (Lipinski definition) is 2. The van der Waals surface area contributed by atoms with Gasteiger partial charge in [0.25, 0.3) is 5.91 Å². The van der Waals surface area contributed by atoms with Crippen LogP contribution < -0.4 is 5.32 Å². The molecule has 0 atom stereocenters. The van der Waals surface area contributed by atoms with E-state index in [2.05, 4.69) is 20.8 Å². The Morgan fingerprint density at radius 1 is 1.35 bits per heavy atom. The number of carbonyl (C=O) groups is 1. The van der Waals surface area contributed by atoms with Gasteiger partial charge in [-0.2, -0.15) is 5.21 Å². The molecule has 3 rings (SSSR count). The molecule has 0 spiro atoms. The van der Waals surface area contributed by atoms with E-state index in [0.717, 1.165) is 5.69 Å². The minimum absolute atomic E-state index is 0.136. The minimum Gasteiger partial charge on any atom is -0.321 e. The molecule has 100 valence electrons. The van der Waals surface area contributed by atoms with Gasteiger partial charge in [0, 0.05) is 5.69 Å². The van der Waals surface area contributed by atoms with Crippen LogP contribution in [0.25, 0.3) is 5.69 Å². The molecule has 3 aromatic rings. The predicted molar refractivity (Wildman–Crippen MR) is 78.8 cm³/mol. The second kappa shape index (κ2) is 5.35. The summed E-state index contributed by atoms with van der Waals surface area (Å²) in [6.07, 6.45) is 0. The van der Waals surface area contributed by atoms with Gasteiger partial charge in [-0.05, 0) is 41.9 Å². The fraction of sp³-hybridized carbons (Fsp3) is 0. The molecule has 0 fully saturated rings. The van der Waals surface area contributed by atoms with Crippen LogP contribution in [0.4, 0.5) is 5.69 Å². The summed E-state index contributed by atoms with van der Waals surface area (Å²) in [4.78, 5) is 12.6. The van der Waals surface area contributed by atoms with Gasteiger partial charge in [-0.1, -0.05) is 22.4 Å². The maximum atomic E-state index is 12.0. The third-order valence-electron chi connectivity index (χ3n) is 2.58. The van der Waals surface area contributed by atoms with Crippen molar-refractivity contribution in [2.75, 3.05) is 5.32 Å². The van der Waals surface area contributed by atoms with Gasteiger partial charge in [-0.25, -0.2) is 4.68 Å². The third kappa shape index (κ3) is 2.51. The zero-order valence-corrected chi connectivity index (χ0v) is 11.7. The van der Waals surface area contributed by atoms with Crippen LogP contribution in [0, 0.1) is 4.77 Å². The molecule has 0 saturated heterocycles. The van der Waals surface area contributed by atoms with E-state index in [9.17, 15) is 4.79 Å². The van der Waals surface area contributed by atoms with E-state index in [-0.39, 0.29) is 5.91 Å². The van der Waals surface area contributed by atoms with Crippen molar-refractivity contribution in [3.05, 3.63) is 51.4 Å². The van der Waals surface area contributed by atoms with E-state index in [0.29, 0.717) is 15.3 Å². The summed E-state index contributed by atoms with van der Waals surface area (Å²) in [5.74, 6) is -0.136. The number of hydrogen-bond acceptors (Lipinski definition) is 5. The fourth-order valence-electron chi connectivity index (χ4n) is 1.69. The zero-order valence-electron chi connectivity index (χ0n) is 10.1. The van der Waals surface area contributed by atoms with Crippen molar-refractivity contribution in [2.45, 2.75) is 0 Å². The summed E-state index contributed by atoms with van der Waals surface area (Å²) in [5, 5.41) is 14.7. The molecule has 0 aliphatic carbocycles. The monoisotopic (exact) mass is 303 g/mol. The van der Waals surface area contributed by atoms with Gasteiger partial charge in [-0.3, -0.25) is 4.79 Å². The van der Waals surface area contributed by atoms with Crippen LogP contribution in [0.2, 0.25) is 0 Å². The van der Waals surface area contributed by atoms with Crippen molar-refractivity contribution in [3.8, 4) is 5.69 Å². The largest absolute Gasteiger partial charge is 0.321 e. The summed E-state index contributed by atoms with van der Waals surface area (Å²) in [7, 11) is 0. The number of carbonyl (C=O) groups excluding carboxylic acids is 1. The first-order chi connectivity index (χ1) is 9.74. The topological polar surface area (TPSA) is 75.6 Å². The Morgan fingerprint density at radius 2 is 2.25 bits per heavy atom. The molecule has 2 aromatic heterocycles. The summed E-state index contributed by atoms with van der Waals surface area (Å²) >= 11 is 6.43. The molecular formula is C12H9N5OS2. The standard InChI is InChI=1S/C12H9N5OS2/c18-11(10-5-2-6-20-10)13-8-3-1-4-9(7-8)17-12(19)14-15-16-17/h1-7H,(H,13,18)(H,14,16,19). The number of anilines is 1.